The van der Waals surface area contributed by atoms with Gasteiger partial charge < -0.3 is 10.4 Å². The summed E-state index contributed by atoms with van der Waals surface area (Å²) in [6.07, 6.45) is 4.45. The van der Waals surface area contributed by atoms with Crippen molar-refractivity contribution in [2.24, 2.45) is 5.92 Å². The van der Waals surface area contributed by atoms with Crippen LogP contribution in [0.5, 0.6) is 0 Å². The summed E-state index contributed by atoms with van der Waals surface area (Å²) >= 11 is 1.74. The fraction of sp³-hybridized carbons (Fsp3) is 0.800. The number of aliphatic hydroxyl groups excluding tert-OH is 1. The Morgan fingerprint density at radius 1 is 1.37 bits per heavy atom. The molecule has 2 rings (SSSR count). The van der Waals surface area contributed by atoms with E-state index in [1.807, 2.05) is 0 Å². The van der Waals surface area contributed by atoms with Gasteiger partial charge in [-0.15, -0.1) is 11.3 Å². The zero-order valence-corrected chi connectivity index (χ0v) is 13.1. The monoisotopic (exact) mass is 282 g/mol. The third-order valence-electron chi connectivity index (χ3n) is 3.77. The molecule has 1 aliphatic carbocycles. The molecule has 0 aliphatic heterocycles. The van der Waals surface area contributed by atoms with Crippen molar-refractivity contribution in [1.82, 2.24) is 10.3 Å². The van der Waals surface area contributed by atoms with Crippen LogP contribution in [-0.2, 0) is 12.0 Å². The minimum absolute atomic E-state index is 0.109. The average molecular weight is 282 g/mol. The molecule has 3 nitrogen and oxygen atoms in total. The van der Waals surface area contributed by atoms with E-state index in [0.717, 1.165) is 31.6 Å². The molecule has 108 valence electrons. The van der Waals surface area contributed by atoms with Gasteiger partial charge in [0.25, 0.3) is 0 Å². The molecule has 1 aromatic heterocycles. The molecule has 0 aromatic carbocycles. The molecule has 1 saturated carbocycles. The van der Waals surface area contributed by atoms with Crippen LogP contribution < -0.4 is 5.32 Å². The summed E-state index contributed by atoms with van der Waals surface area (Å²) < 4.78 is 0. The third-order valence-corrected chi connectivity index (χ3v) is 5.09. The predicted octanol–water partition coefficient (Wildman–Crippen LogP) is 3.08. The van der Waals surface area contributed by atoms with Gasteiger partial charge in [-0.1, -0.05) is 33.6 Å². The maximum Gasteiger partial charge on any atom is 0.0982 e. The van der Waals surface area contributed by atoms with Gasteiger partial charge in [-0.2, -0.15) is 0 Å². The molecule has 2 N–H and O–H groups in total. The van der Waals surface area contributed by atoms with Gasteiger partial charge in [0.15, 0.2) is 0 Å². The van der Waals surface area contributed by atoms with Gasteiger partial charge in [0.2, 0.25) is 0 Å². The molecule has 1 aromatic rings. The Balaban J connectivity index is 1.78. The molecular weight excluding hydrogens is 256 g/mol. The van der Waals surface area contributed by atoms with Crippen molar-refractivity contribution in [2.75, 3.05) is 6.54 Å². The van der Waals surface area contributed by atoms with Crippen molar-refractivity contribution in [3.05, 3.63) is 16.1 Å². The Morgan fingerprint density at radius 3 is 2.74 bits per heavy atom. The van der Waals surface area contributed by atoms with Crippen molar-refractivity contribution >= 4 is 11.3 Å². The SMILES string of the molecule is CC(C)(C)c1nc(CNCC2CCCCC2O)cs1. The molecule has 1 heterocycles. The smallest absolute Gasteiger partial charge is 0.0982 e. The highest BCUT2D eigenvalue weighted by Crippen LogP contribution is 2.26. The molecule has 0 spiro atoms. The fourth-order valence-corrected chi connectivity index (χ4v) is 3.45. The van der Waals surface area contributed by atoms with Crippen molar-refractivity contribution in [2.45, 2.75) is 64.5 Å². The van der Waals surface area contributed by atoms with Crippen LogP contribution in [0.4, 0.5) is 0 Å². The lowest BCUT2D eigenvalue weighted by Crippen LogP contribution is -2.33. The third kappa shape index (κ3) is 4.26. The zero-order chi connectivity index (χ0) is 13.9. The number of nitrogens with one attached hydrogen (secondary N) is 1. The number of aliphatic hydroxyl groups is 1. The van der Waals surface area contributed by atoms with Crippen molar-refractivity contribution < 1.29 is 5.11 Å². The van der Waals surface area contributed by atoms with Crippen LogP contribution in [0.3, 0.4) is 0 Å². The first kappa shape index (κ1) is 14.9. The van der Waals surface area contributed by atoms with Crippen LogP contribution in [0.2, 0.25) is 0 Å². The van der Waals surface area contributed by atoms with Gasteiger partial charge in [-0.25, -0.2) is 4.98 Å². The van der Waals surface area contributed by atoms with Crippen molar-refractivity contribution in [1.29, 1.82) is 0 Å². The van der Waals surface area contributed by atoms with E-state index in [1.165, 1.54) is 17.8 Å². The van der Waals surface area contributed by atoms with Gasteiger partial charge in [-0.05, 0) is 18.8 Å². The van der Waals surface area contributed by atoms with E-state index < -0.39 is 0 Å². The number of hydrogen-bond acceptors (Lipinski definition) is 4. The summed E-state index contributed by atoms with van der Waals surface area (Å²) in [4.78, 5) is 4.68. The highest BCUT2D eigenvalue weighted by Gasteiger charge is 2.22. The van der Waals surface area contributed by atoms with Crippen LogP contribution in [0, 0.1) is 5.92 Å². The number of hydrogen-bond donors (Lipinski definition) is 2. The molecule has 0 amide bonds. The highest BCUT2D eigenvalue weighted by molar-refractivity contribution is 7.09. The number of nitrogens with zero attached hydrogens (tertiary/aromatic N) is 1. The van der Waals surface area contributed by atoms with Gasteiger partial charge >= 0.3 is 0 Å². The standard InChI is InChI=1S/C15H26N2OS/c1-15(2,3)14-17-12(10-19-14)9-16-8-11-6-4-5-7-13(11)18/h10-11,13,16,18H,4-9H2,1-3H3. The van der Waals surface area contributed by atoms with Crippen molar-refractivity contribution in [3.8, 4) is 0 Å². The Hall–Kier alpha value is -0.450. The van der Waals surface area contributed by atoms with E-state index in [4.69, 9.17) is 0 Å². The summed E-state index contributed by atoms with van der Waals surface area (Å²) in [5.41, 5.74) is 1.27. The minimum Gasteiger partial charge on any atom is -0.393 e. The van der Waals surface area contributed by atoms with E-state index in [0.29, 0.717) is 5.92 Å². The first-order valence-electron chi connectivity index (χ1n) is 7.30. The quantitative estimate of drug-likeness (QED) is 0.892. The molecule has 2 atom stereocenters. The van der Waals surface area contributed by atoms with E-state index in [9.17, 15) is 5.11 Å². The number of thiazole rings is 1. The lowest BCUT2D eigenvalue weighted by atomic mass is 9.86. The van der Waals surface area contributed by atoms with Crippen LogP contribution >= 0.6 is 11.3 Å². The Labute approximate surface area is 120 Å². The second-order valence-electron chi connectivity index (χ2n) is 6.64. The van der Waals surface area contributed by atoms with E-state index in [1.54, 1.807) is 11.3 Å². The summed E-state index contributed by atoms with van der Waals surface area (Å²) in [5, 5.41) is 16.7. The van der Waals surface area contributed by atoms with Crippen LogP contribution in [0.25, 0.3) is 0 Å². The number of aromatic nitrogens is 1. The second kappa shape index (κ2) is 6.33. The van der Waals surface area contributed by atoms with Gasteiger partial charge in [0, 0.05) is 23.9 Å². The largest absolute Gasteiger partial charge is 0.393 e. The van der Waals surface area contributed by atoms with Gasteiger partial charge in [0.1, 0.15) is 0 Å². The number of rotatable bonds is 4. The first-order chi connectivity index (χ1) is 8.97. The first-order valence-corrected chi connectivity index (χ1v) is 8.18. The fourth-order valence-electron chi connectivity index (χ4n) is 2.54. The van der Waals surface area contributed by atoms with E-state index in [2.05, 4.69) is 36.5 Å². The zero-order valence-electron chi connectivity index (χ0n) is 12.3. The molecular formula is C15H26N2OS. The minimum atomic E-state index is -0.109. The van der Waals surface area contributed by atoms with Crippen molar-refractivity contribution in [3.63, 3.8) is 0 Å². The van der Waals surface area contributed by atoms with Gasteiger partial charge in [-0.3, -0.25) is 0 Å². The van der Waals surface area contributed by atoms with Crippen LogP contribution in [0.1, 0.15) is 57.2 Å². The average Bonchev–Trinajstić information content (AvgIpc) is 2.80. The maximum absolute atomic E-state index is 9.92. The molecule has 1 fully saturated rings. The molecule has 0 radical (unpaired) electrons. The molecule has 0 saturated heterocycles. The molecule has 0 bridgehead atoms. The summed E-state index contributed by atoms with van der Waals surface area (Å²) in [7, 11) is 0. The lowest BCUT2D eigenvalue weighted by Gasteiger charge is -2.27. The Bertz CT molecular complexity index is 397. The Kier molecular flexibility index (Phi) is 4.98. The summed E-state index contributed by atoms with van der Waals surface area (Å²) in [6, 6.07) is 0. The molecule has 2 unspecified atom stereocenters. The Morgan fingerprint density at radius 2 is 2.11 bits per heavy atom. The molecule has 1 aliphatic rings. The van der Waals surface area contributed by atoms with Crippen LogP contribution in [0.15, 0.2) is 5.38 Å². The second-order valence-corrected chi connectivity index (χ2v) is 7.49. The lowest BCUT2D eigenvalue weighted by molar-refractivity contribution is 0.0694. The van der Waals surface area contributed by atoms with E-state index >= 15 is 0 Å². The van der Waals surface area contributed by atoms with Gasteiger partial charge in [0.05, 0.1) is 16.8 Å². The molecule has 19 heavy (non-hydrogen) atoms. The normalized spacial score (nSPS) is 24.6. The van der Waals surface area contributed by atoms with Crippen LogP contribution in [-0.4, -0.2) is 22.7 Å². The maximum atomic E-state index is 9.92. The van der Waals surface area contributed by atoms with E-state index in [-0.39, 0.29) is 11.5 Å². The predicted molar refractivity (Wildman–Crippen MR) is 80.5 cm³/mol. The summed E-state index contributed by atoms with van der Waals surface area (Å²) in [6.45, 7) is 8.31. The molecule has 4 heteroatoms. The summed E-state index contributed by atoms with van der Waals surface area (Å²) in [5.74, 6) is 0.425. The highest BCUT2D eigenvalue weighted by atomic mass is 32.1. The topological polar surface area (TPSA) is 45.2 Å².